The third-order valence-corrected chi connectivity index (χ3v) is 3.74. The van der Waals surface area contributed by atoms with Crippen LogP contribution in [-0.4, -0.2) is 48.3 Å². The first-order chi connectivity index (χ1) is 8.08. The van der Waals surface area contributed by atoms with E-state index in [0.717, 1.165) is 12.8 Å². The van der Waals surface area contributed by atoms with Gasteiger partial charge in [0.15, 0.2) is 0 Å². The largest absolute Gasteiger partial charge is 0.393 e. The molecule has 0 aromatic rings. The molecule has 1 saturated heterocycles. The van der Waals surface area contributed by atoms with Crippen LogP contribution in [0.2, 0.25) is 0 Å². The number of nitrogens with zero attached hydrogens (tertiary/aromatic N) is 1. The Hall–Kier alpha value is -0.610. The lowest BCUT2D eigenvalue weighted by molar-refractivity contribution is -0.135. The van der Waals surface area contributed by atoms with Crippen molar-refractivity contribution in [3.05, 3.63) is 0 Å². The molecule has 1 aliphatic rings. The highest BCUT2D eigenvalue weighted by Crippen LogP contribution is 2.21. The van der Waals surface area contributed by atoms with E-state index in [-0.39, 0.29) is 24.0 Å². The van der Waals surface area contributed by atoms with Gasteiger partial charge in [0.05, 0.1) is 12.2 Å². The maximum absolute atomic E-state index is 12.0. The molecule has 0 aromatic carbocycles. The van der Waals surface area contributed by atoms with Crippen molar-refractivity contribution in [2.24, 2.45) is 5.92 Å². The molecule has 0 bridgehead atoms. The van der Waals surface area contributed by atoms with E-state index in [4.69, 9.17) is 4.74 Å². The first-order valence-corrected chi connectivity index (χ1v) is 6.57. The summed E-state index contributed by atoms with van der Waals surface area (Å²) in [5, 5.41) is 9.77. The molecule has 1 amide bonds. The van der Waals surface area contributed by atoms with Crippen LogP contribution in [0.5, 0.6) is 0 Å². The van der Waals surface area contributed by atoms with Crippen molar-refractivity contribution < 1.29 is 14.6 Å². The second-order valence-corrected chi connectivity index (χ2v) is 4.95. The number of piperidine rings is 1. The van der Waals surface area contributed by atoms with E-state index in [2.05, 4.69) is 6.92 Å². The molecule has 100 valence electrons. The second-order valence-electron chi connectivity index (χ2n) is 4.95. The first kappa shape index (κ1) is 14.5. The predicted octanol–water partition coefficient (Wildman–Crippen LogP) is 1.42. The molecule has 3 unspecified atom stereocenters. The molecule has 1 N–H and O–H groups in total. The molecule has 1 fully saturated rings. The zero-order chi connectivity index (χ0) is 12.8. The van der Waals surface area contributed by atoms with Crippen LogP contribution >= 0.6 is 0 Å². The minimum Gasteiger partial charge on any atom is -0.393 e. The number of likely N-dealkylation sites (tertiary alicyclic amines) is 1. The van der Waals surface area contributed by atoms with Crippen molar-refractivity contribution in [2.75, 3.05) is 20.2 Å². The number of hydrogen-bond donors (Lipinski definition) is 1. The van der Waals surface area contributed by atoms with Gasteiger partial charge in [0.25, 0.3) is 0 Å². The number of aliphatic hydroxyl groups is 1. The van der Waals surface area contributed by atoms with Gasteiger partial charge in [-0.2, -0.15) is 0 Å². The van der Waals surface area contributed by atoms with Crippen LogP contribution in [0.4, 0.5) is 0 Å². The molecule has 0 spiro atoms. The lowest BCUT2D eigenvalue weighted by atomic mass is 9.92. The van der Waals surface area contributed by atoms with Crippen LogP contribution in [-0.2, 0) is 9.53 Å². The number of aliphatic hydroxyl groups excluding tert-OH is 1. The van der Waals surface area contributed by atoms with Crippen LogP contribution in [0.1, 0.15) is 39.5 Å². The van der Waals surface area contributed by atoms with Crippen LogP contribution in [0, 0.1) is 5.92 Å². The Morgan fingerprint density at radius 2 is 2.29 bits per heavy atom. The van der Waals surface area contributed by atoms with E-state index in [0.29, 0.717) is 25.9 Å². The molecular formula is C13H25NO3. The minimum atomic E-state index is -0.234. The highest BCUT2D eigenvalue weighted by molar-refractivity contribution is 5.76. The van der Waals surface area contributed by atoms with Gasteiger partial charge in [0.2, 0.25) is 5.91 Å². The van der Waals surface area contributed by atoms with Gasteiger partial charge >= 0.3 is 0 Å². The quantitative estimate of drug-likeness (QED) is 0.794. The molecule has 1 heterocycles. The third kappa shape index (κ3) is 4.28. The number of rotatable bonds is 5. The Morgan fingerprint density at radius 1 is 1.59 bits per heavy atom. The summed E-state index contributed by atoms with van der Waals surface area (Å²) in [7, 11) is 1.67. The Kier molecular flexibility index (Phi) is 5.92. The normalized spacial score (nSPS) is 26.9. The fraction of sp³-hybridized carbons (Fsp3) is 0.923. The van der Waals surface area contributed by atoms with E-state index in [1.54, 1.807) is 7.11 Å². The number of hydrogen-bond acceptors (Lipinski definition) is 3. The average Bonchev–Trinajstić information content (AvgIpc) is 2.35. The van der Waals surface area contributed by atoms with Gasteiger partial charge in [0, 0.05) is 32.5 Å². The highest BCUT2D eigenvalue weighted by Gasteiger charge is 2.28. The lowest BCUT2D eigenvalue weighted by Gasteiger charge is -2.36. The first-order valence-electron chi connectivity index (χ1n) is 6.57. The summed E-state index contributed by atoms with van der Waals surface area (Å²) in [4.78, 5) is 13.9. The molecule has 0 aromatic heterocycles. The molecule has 4 nitrogen and oxygen atoms in total. The summed E-state index contributed by atoms with van der Waals surface area (Å²) < 4.78 is 5.14. The standard InChI is InChI=1S/C13H25NO3/c1-4-11-9-14(8-7-12(11)15)13(16)6-5-10(2)17-3/h10-12,15H,4-9H2,1-3H3. The minimum absolute atomic E-state index is 0.135. The summed E-state index contributed by atoms with van der Waals surface area (Å²) >= 11 is 0. The SMILES string of the molecule is CCC1CN(C(=O)CCC(C)OC)CCC1O. The van der Waals surface area contributed by atoms with Crippen molar-refractivity contribution in [1.29, 1.82) is 0 Å². The van der Waals surface area contributed by atoms with E-state index < -0.39 is 0 Å². The van der Waals surface area contributed by atoms with Crippen LogP contribution in [0.3, 0.4) is 0 Å². The maximum Gasteiger partial charge on any atom is 0.222 e. The third-order valence-electron chi connectivity index (χ3n) is 3.74. The van der Waals surface area contributed by atoms with Gasteiger partial charge in [0.1, 0.15) is 0 Å². The summed E-state index contributed by atoms with van der Waals surface area (Å²) in [6.07, 6.45) is 2.86. The van der Waals surface area contributed by atoms with Crippen LogP contribution < -0.4 is 0 Å². The molecule has 17 heavy (non-hydrogen) atoms. The Labute approximate surface area is 104 Å². The van der Waals surface area contributed by atoms with Gasteiger partial charge < -0.3 is 14.7 Å². The molecule has 3 atom stereocenters. The molecule has 0 saturated carbocycles. The Bertz CT molecular complexity index is 245. The van der Waals surface area contributed by atoms with Crippen molar-refractivity contribution in [2.45, 2.75) is 51.7 Å². The summed E-state index contributed by atoms with van der Waals surface area (Å²) in [5.74, 6) is 0.437. The second kappa shape index (κ2) is 6.97. The van der Waals surface area contributed by atoms with Gasteiger partial charge in [-0.25, -0.2) is 0 Å². The number of methoxy groups -OCH3 is 1. The van der Waals surface area contributed by atoms with Crippen molar-refractivity contribution in [3.63, 3.8) is 0 Å². The Morgan fingerprint density at radius 3 is 2.88 bits per heavy atom. The number of ether oxygens (including phenoxy) is 1. The fourth-order valence-electron chi connectivity index (χ4n) is 2.25. The molecule has 0 radical (unpaired) electrons. The zero-order valence-corrected chi connectivity index (χ0v) is 11.2. The molecule has 1 aliphatic heterocycles. The van der Waals surface area contributed by atoms with Crippen molar-refractivity contribution in [3.8, 4) is 0 Å². The molecule has 1 rings (SSSR count). The maximum atomic E-state index is 12.0. The topological polar surface area (TPSA) is 49.8 Å². The predicted molar refractivity (Wildman–Crippen MR) is 66.7 cm³/mol. The average molecular weight is 243 g/mol. The molecular weight excluding hydrogens is 218 g/mol. The van der Waals surface area contributed by atoms with E-state index in [1.807, 2.05) is 11.8 Å². The molecule has 0 aliphatic carbocycles. The van der Waals surface area contributed by atoms with Crippen LogP contribution in [0.15, 0.2) is 0 Å². The zero-order valence-electron chi connectivity index (χ0n) is 11.2. The van der Waals surface area contributed by atoms with Crippen molar-refractivity contribution >= 4 is 5.91 Å². The number of amides is 1. The van der Waals surface area contributed by atoms with E-state index in [9.17, 15) is 9.90 Å². The summed E-state index contributed by atoms with van der Waals surface area (Å²) in [6.45, 7) is 5.44. The summed E-state index contributed by atoms with van der Waals surface area (Å²) in [6, 6.07) is 0. The summed E-state index contributed by atoms with van der Waals surface area (Å²) in [5.41, 5.74) is 0. The van der Waals surface area contributed by atoms with Gasteiger partial charge in [-0.05, 0) is 26.2 Å². The Balaban J connectivity index is 2.37. The monoisotopic (exact) mass is 243 g/mol. The van der Waals surface area contributed by atoms with E-state index >= 15 is 0 Å². The fourth-order valence-corrected chi connectivity index (χ4v) is 2.25. The van der Waals surface area contributed by atoms with Crippen molar-refractivity contribution in [1.82, 2.24) is 4.90 Å². The molecule has 4 heteroatoms. The number of carbonyl (C=O) groups is 1. The van der Waals surface area contributed by atoms with Crippen LogP contribution in [0.25, 0.3) is 0 Å². The van der Waals surface area contributed by atoms with Gasteiger partial charge in [-0.15, -0.1) is 0 Å². The smallest absolute Gasteiger partial charge is 0.222 e. The van der Waals surface area contributed by atoms with Gasteiger partial charge in [-0.1, -0.05) is 6.92 Å². The highest BCUT2D eigenvalue weighted by atomic mass is 16.5. The van der Waals surface area contributed by atoms with Gasteiger partial charge in [-0.3, -0.25) is 4.79 Å². The van der Waals surface area contributed by atoms with E-state index in [1.165, 1.54) is 0 Å². The lowest BCUT2D eigenvalue weighted by Crippen LogP contribution is -2.45. The number of carbonyl (C=O) groups excluding carboxylic acids is 1.